The normalized spacial score (nSPS) is 21.2. The summed E-state index contributed by atoms with van der Waals surface area (Å²) in [6, 6.07) is 7.90. The minimum Gasteiger partial charge on any atom is -0.384 e. The largest absolute Gasteiger partial charge is 0.384 e. The Morgan fingerprint density at radius 3 is 2.81 bits per heavy atom. The zero-order valence-corrected chi connectivity index (χ0v) is 11.1. The molecule has 0 spiro atoms. The number of benzene rings is 1. The van der Waals surface area contributed by atoms with Crippen molar-refractivity contribution < 1.29 is 0 Å². The summed E-state index contributed by atoms with van der Waals surface area (Å²) < 4.78 is 1.00. The fourth-order valence-electron chi connectivity index (χ4n) is 1.92. The van der Waals surface area contributed by atoms with Gasteiger partial charge in [-0.15, -0.1) is 0 Å². The Labute approximate surface area is 105 Å². The quantitative estimate of drug-likeness (QED) is 0.914. The molecule has 1 aliphatic rings. The van der Waals surface area contributed by atoms with Gasteiger partial charge in [0.05, 0.1) is 11.3 Å². The van der Waals surface area contributed by atoms with Crippen LogP contribution in [0.3, 0.4) is 0 Å². The van der Waals surface area contributed by atoms with Gasteiger partial charge in [-0.3, -0.25) is 0 Å². The summed E-state index contributed by atoms with van der Waals surface area (Å²) in [5.74, 6) is 0.734. The molecule has 2 rings (SSSR count). The minimum absolute atomic E-state index is 0.478. The van der Waals surface area contributed by atoms with Crippen molar-refractivity contribution in [2.45, 2.75) is 20.3 Å². The van der Waals surface area contributed by atoms with Crippen molar-refractivity contribution in [3.05, 3.63) is 28.2 Å². The standard InChI is InChI=1S/C13H15BrN2/c1-13(2)6-10(13)8-16-12-5-11(14)4-3-9(12)7-15/h3-5,10,16H,6,8H2,1-2H3. The van der Waals surface area contributed by atoms with Crippen LogP contribution in [0.1, 0.15) is 25.8 Å². The Morgan fingerprint density at radius 1 is 1.56 bits per heavy atom. The molecule has 1 aromatic rings. The Bertz CT molecular complexity index is 446. The lowest BCUT2D eigenvalue weighted by atomic mass is 10.1. The van der Waals surface area contributed by atoms with Gasteiger partial charge < -0.3 is 5.32 Å². The average molecular weight is 279 g/mol. The first-order valence-electron chi connectivity index (χ1n) is 5.46. The van der Waals surface area contributed by atoms with Crippen LogP contribution >= 0.6 is 15.9 Å². The average Bonchev–Trinajstić information content (AvgIpc) is 2.84. The first kappa shape index (κ1) is 11.5. The monoisotopic (exact) mass is 278 g/mol. The van der Waals surface area contributed by atoms with E-state index in [-0.39, 0.29) is 0 Å². The number of rotatable bonds is 3. The molecular formula is C13H15BrN2. The second-order valence-electron chi connectivity index (χ2n) is 5.07. The lowest BCUT2D eigenvalue weighted by molar-refractivity contribution is 0.573. The van der Waals surface area contributed by atoms with Crippen LogP contribution in [0.15, 0.2) is 22.7 Å². The van der Waals surface area contributed by atoms with Crippen LogP contribution in [0.2, 0.25) is 0 Å². The van der Waals surface area contributed by atoms with Crippen molar-refractivity contribution in [2.24, 2.45) is 11.3 Å². The second-order valence-corrected chi connectivity index (χ2v) is 5.99. The van der Waals surface area contributed by atoms with Gasteiger partial charge in [0.15, 0.2) is 0 Å². The Morgan fingerprint density at radius 2 is 2.25 bits per heavy atom. The van der Waals surface area contributed by atoms with Crippen LogP contribution < -0.4 is 5.32 Å². The molecule has 2 nitrogen and oxygen atoms in total. The highest BCUT2D eigenvalue weighted by molar-refractivity contribution is 9.10. The molecule has 1 aromatic carbocycles. The third-order valence-electron chi connectivity index (χ3n) is 3.36. The molecule has 16 heavy (non-hydrogen) atoms. The number of nitrogens with zero attached hydrogens (tertiary/aromatic N) is 1. The maximum absolute atomic E-state index is 8.99. The van der Waals surface area contributed by atoms with Gasteiger partial charge in [-0.25, -0.2) is 0 Å². The van der Waals surface area contributed by atoms with Gasteiger partial charge >= 0.3 is 0 Å². The topological polar surface area (TPSA) is 35.8 Å². The second kappa shape index (κ2) is 4.10. The lowest BCUT2D eigenvalue weighted by Crippen LogP contribution is -2.08. The van der Waals surface area contributed by atoms with E-state index in [0.29, 0.717) is 11.0 Å². The molecule has 84 valence electrons. The van der Waals surface area contributed by atoms with Gasteiger partial charge in [-0.2, -0.15) is 5.26 Å². The smallest absolute Gasteiger partial charge is 0.101 e. The van der Waals surface area contributed by atoms with Gasteiger partial charge in [-0.05, 0) is 36.0 Å². The summed E-state index contributed by atoms with van der Waals surface area (Å²) in [5, 5.41) is 12.4. The minimum atomic E-state index is 0.478. The fraction of sp³-hybridized carbons (Fsp3) is 0.462. The van der Waals surface area contributed by atoms with Crippen LogP contribution in [0, 0.1) is 22.7 Å². The van der Waals surface area contributed by atoms with Crippen molar-refractivity contribution in [2.75, 3.05) is 11.9 Å². The van der Waals surface area contributed by atoms with Crippen LogP contribution in [0.4, 0.5) is 5.69 Å². The SMILES string of the molecule is CC1(C)CC1CNc1cc(Br)ccc1C#N. The summed E-state index contributed by atoms with van der Waals surface area (Å²) >= 11 is 3.42. The van der Waals surface area contributed by atoms with E-state index in [4.69, 9.17) is 5.26 Å². The summed E-state index contributed by atoms with van der Waals surface area (Å²) in [6.45, 7) is 5.52. The van der Waals surface area contributed by atoms with Crippen LogP contribution in [-0.4, -0.2) is 6.54 Å². The van der Waals surface area contributed by atoms with Crippen LogP contribution in [0.25, 0.3) is 0 Å². The van der Waals surface area contributed by atoms with E-state index in [1.165, 1.54) is 6.42 Å². The molecule has 0 aromatic heterocycles. The molecular weight excluding hydrogens is 264 g/mol. The highest BCUT2D eigenvalue weighted by Gasteiger charge is 2.44. The molecule has 0 saturated heterocycles. The molecule has 1 saturated carbocycles. The predicted octanol–water partition coefficient (Wildman–Crippen LogP) is 3.78. The molecule has 0 amide bonds. The van der Waals surface area contributed by atoms with Gasteiger partial charge in [0.25, 0.3) is 0 Å². The lowest BCUT2D eigenvalue weighted by Gasteiger charge is -2.09. The molecule has 1 aliphatic carbocycles. The number of hydrogen-bond acceptors (Lipinski definition) is 2. The van der Waals surface area contributed by atoms with Crippen molar-refractivity contribution >= 4 is 21.6 Å². The summed E-state index contributed by atoms with van der Waals surface area (Å²) in [7, 11) is 0. The highest BCUT2D eigenvalue weighted by atomic mass is 79.9. The van der Waals surface area contributed by atoms with E-state index in [9.17, 15) is 0 Å². The summed E-state index contributed by atoms with van der Waals surface area (Å²) in [5.41, 5.74) is 2.12. The van der Waals surface area contributed by atoms with Gasteiger partial charge in [0, 0.05) is 11.0 Å². The third kappa shape index (κ3) is 2.38. The van der Waals surface area contributed by atoms with E-state index in [0.717, 1.165) is 22.6 Å². The Hall–Kier alpha value is -1.01. The van der Waals surface area contributed by atoms with E-state index in [1.54, 1.807) is 0 Å². The molecule has 1 unspecified atom stereocenters. The Kier molecular flexibility index (Phi) is 2.94. The first-order chi connectivity index (χ1) is 7.53. The van der Waals surface area contributed by atoms with E-state index >= 15 is 0 Å². The molecule has 1 fully saturated rings. The van der Waals surface area contributed by atoms with Gasteiger partial charge in [0.1, 0.15) is 6.07 Å². The summed E-state index contributed by atoms with van der Waals surface area (Å²) in [6.07, 6.45) is 1.27. The van der Waals surface area contributed by atoms with Crippen molar-refractivity contribution in [1.82, 2.24) is 0 Å². The molecule has 0 aliphatic heterocycles. The number of anilines is 1. The number of halogens is 1. The third-order valence-corrected chi connectivity index (χ3v) is 3.85. The molecule has 0 radical (unpaired) electrons. The maximum Gasteiger partial charge on any atom is 0.101 e. The van der Waals surface area contributed by atoms with Gasteiger partial charge in [0.2, 0.25) is 0 Å². The molecule has 1 atom stereocenters. The van der Waals surface area contributed by atoms with Gasteiger partial charge in [-0.1, -0.05) is 29.8 Å². The van der Waals surface area contributed by atoms with Crippen molar-refractivity contribution in [1.29, 1.82) is 5.26 Å². The number of nitrogens with one attached hydrogen (secondary N) is 1. The molecule has 3 heteroatoms. The van der Waals surface area contributed by atoms with E-state index in [1.807, 2.05) is 18.2 Å². The highest BCUT2D eigenvalue weighted by Crippen LogP contribution is 2.51. The summed E-state index contributed by atoms with van der Waals surface area (Å²) in [4.78, 5) is 0. The van der Waals surface area contributed by atoms with E-state index in [2.05, 4.69) is 41.2 Å². The Balaban J connectivity index is 2.04. The van der Waals surface area contributed by atoms with Crippen LogP contribution in [-0.2, 0) is 0 Å². The predicted molar refractivity (Wildman–Crippen MR) is 69.2 cm³/mol. The van der Waals surface area contributed by atoms with Crippen molar-refractivity contribution in [3.63, 3.8) is 0 Å². The van der Waals surface area contributed by atoms with Crippen molar-refractivity contribution in [3.8, 4) is 6.07 Å². The maximum atomic E-state index is 8.99. The number of nitriles is 1. The first-order valence-corrected chi connectivity index (χ1v) is 6.26. The van der Waals surface area contributed by atoms with E-state index < -0.39 is 0 Å². The zero-order chi connectivity index (χ0) is 11.8. The molecule has 1 N–H and O–H groups in total. The van der Waals surface area contributed by atoms with Crippen LogP contribution in [0.5, 0.6) is 0 Å². The number of hydrogen-bond donors (Lipinski definition) is 1. The molecule has 0 heterocycles. The zero-order valence-electron chi connectivity index (χ0n) is 9.55. The molecule has 0 bridgehead atoms. The fourth-order valence-corrected chi connectivity index (χ4v) is 2.28.